The first-order chi connectivity index (χ1) is 5.91. The van der Waals surface area contributed by atoms with Crippen molar-refractivity contribution >= 4 is 0 Å². The van der Waals surface area contributed by atoms with Crippen molar-refractivity contribution in [2.45, 2.75) is 0 Å². The van der Waals surface area contributed by atoms with Gasteiger partial charge in [-0.3, -0.25) is 4.90 Å². The maximum Gasteiger partial charge on any atom is 0.0991 e. The summed E-state index contributed by atoms with van der Waals surface area (Å²) in [6, 6.07) is 0. The second-order valence-corrected chi connectivity index (χ2v) is 2.84. The number of hydrogen-bond acceptors (Lipinski definition) is 4. The lowest BCUT2D eigenvalue weighted by molar-refractivity contribution is 0.223. The van der Waals surface area contributed by atoms with Gasteiger partial charge in [0.25, 0.3) is 0 Å². The molecule has 0 aromatic carbocycles. The van der Waals surface area contributed by atoms with E-state index in [2.05, 4.69) is 19.7 Å². The predicted octanol–water partition coefficient (Wildman–Crippen LogP) is 1.50. The summed E-state index contributed by atoms with van der Waals surface area (Å²) in [4.78, 5) is 1.55. The molecule has 13 heavy (non-hydrogen) atoms. The molecular weight excluding hydrogens is 170 g/mol. The summed E-state index contributed by atoms with van der Waals surface area (Å²) in [5.41, 5.74) is 0. The highest BCUT2D eigenvalue weighted by molar-refractivity contribution is 4.94. The summed E-state index contributed by atoms with van der Waals surface area (Å²) in [5.74, 6) is -0.118. The first kappa shape index (κ1) is 11.6. The Morgan fingerprint density at radius 2 is 1.00 bits per heavy atom. The van der Waals surface area contributed by atoms with Crippen molar-refractivity contribution in [3.8, 4) is 0 Å². The zero-order chi connectivity index (χ0) is 10.4. The van der Waals surface area contributed by atoms with Gasteiger partial charge in [0.1, 0.15) is 0 Å². The number of nitrogens with zero attached hydrogens (tertiary/aromatic N) is 1. The minimum absolute atomic E-state index is 0.0394. The number of rotatable bonds is 6. The third kappa shape index (κ3) is 6.96. The van der Waals surface area contributed by atoms with Gasteiger partial charge in [-0.05, 0) is 0 Å². The monoisotopic (exact) mass is 185 g/mol. The molecule has 0 aliphatic rings. The molecule has 0 heterocycles. The molecule has 0 aromatic rings. The van der Waals surface area contributed by atoms with E-state index in [-0.39, 0.29) is 36.9 Å². The van der Waals surface area contributed by atoms with Crippen LogP contribution in [0.25, 0.3) is 0 Å². The van der Waals surface area contributed by atoms with Crippen molar-refractivity contribution in [1.82, 2.24) is 4.90 Å². The summed E-state index contributed by atoms with van der Waals surface area (Å²) >= 11 is 0. The summed E-state index contributed by atoms with van der Waals surface area (Å²) in [5, 5.41) is 26.7. The molecule has 0 spiro atoms. The van der Waals surface area contributed by atoms with Gasteiger partial charge < -0.3 is 15.3 Å². The zero-order valence-electron chi connectivity index (χ0n) is 7.53. The molecule has 0 saturated carbocycles. The van der Waals surface area contributed by atoms with Crippen LogP contribution in [-0.4, -0.2) is 39.9 Å². The molecule has 0 fully saturated rings. The van der Waals surface area contributed by atoms with E-state index in [1.165, 1.54) is 0 Å². The van der Waals surface area contributed by atoms with Crippen LogP contribution in [0.1, 0.15) is 0 Å². The Morgan fingerprint density at radius 1 is 0.769 bits per heavy atom. The fourth-order valence-corrected chi connectivity index (χ4v) is 0.942. The first-order valence-electron chi connectivity index (χ1n) is 3.74. The lowest BCUT2D eigenvalue weighted by Gasteiger charge is -2.19. The lowest BCUT2D eigenvalue weighted by atomic mass is 10.3. The van der Waals surface area contributed by atoms with Gasteiger partial charge in [-0.25, -0.2) is 0 Å². The Morgan fingerprint density at radius 3 is 1.15 bits per heavy atom. The number of aliphatic hydroxyl groups is 3. The average molecular weight is 185 g/mol. The van der Waals surface area contributed by atoms with Gasteiger partial charge in [0, 0.05) is 0 Å². The van der Waals surface area contributed by atoms with Gasteiger partial charge >= 0.3 is 0 Å². The number of hydrogen-bond donors (Lipinski definition) is 3. The van der Waals surface area contributed by atoms with Crippen LogP contribution >= 0.6 is 0 Å². The van der Waals surface area contributed by atoms with Crippen LogP contribution in [0.15, 0.2) is 37.0 Å². The van der Waals surface area contributed by atoms with Gasteiger partial charge in [-0.2, -0.15) is 0 Å². The molecule has 0 saturated heterocycles. The van der Waals surface area contributed by atoms with E-state index in [0.717, 1.165) is 0 Å². The molecule has 0 aliphatic carbocycles. The minimum Gasteiger partial charge on any atom is -0.512 e. The topological polar surface area (TPSA) is 63.9 Å². The predicted molar refractivity (Wildman–Crippen MR) is 51.7 cm³/mol. The number of aliphatic hydroxyl groups excluding tert-OH is 3. The zero-order valence-corrected chi connectivity index (χ0v) is 7.53. The minimum atomic E-state index is -0.0394. The van der Waals surface area contributed by atoms with Crippen LogP contribution in [0.5, 0.6) is 0 Å². The van der Waals surface area contributed by atoms with E-state index >= 15 is 0 Å². The molecule has 0 bridgehead atoms. The molecular formula is C9H15NO3. The smallest absolute Gasteiger partial charge is 0.0991 e. The van der Waals surface area contributed by atoms with Gasteiger partial charge in [0.05, 0.1) is 36.9 Å². The molecule has 4 heteroatoms. The standard InChI is InChI=1S/C9H15NO3/c1-7(11)4-10(5-8(2)12)6-9(3)13/h11-13H,1-6H2. The van der Waals surface area contributed by atoms with Crippen LogP contribution in [0, 0.1) is 0 Å². The summed E-state index contributed by atoms with van der Waals surface area (Å²) < 4.78 is 0. The summed E-state index contributed by atoms with van der Waals surface area (Å²) in [6.45, 7) is 10.4. The molecule has 4 nitrogen and oxygen atoms in total. The average Bonchev–Trinajstić information content (AvgIpc) is 1.80. The second-order valence-electron chi connectivity index (χ2n) is 2.84. The lowest BCUT2D eigenvalue weighted by Crippen LogP contribution is -2.29. The van der Waals surface area contributed by atoms with E-state index in [0.29, 0.717) is 0 Å². The quantitative estimate of drug-likeness (QED) is 0.549. The first-order valence-corrected chi connectivity index (χ1v) is 3.74. The second kappa shape index (κ2) is 5.27. The van der Waals surface area contributed by atoms with E-state index in [1.807, 2.05) is 0 Å². The highest BCUT2D eigenvalue weighted by Gasteiger charge is 2.08. The van der Waals surface area contributed by atoms with E-state index in [4.69, 9.17) is 15.3 Å². The normalized spacial score (nSPS) is 9.92. The van der Waals surface area contributed by atoms with Gasteiger partial charge in [-0.1, -0.05) is 19.7 Å². The maximum absolute atomic E-state index is 8.89. The molecule has 0 rings (SSSR count). The van der Waals surface area contributed by atoms with Gasteiger partial charge in [-0.15, -0.1) is 0 Å². The third-order valence-electron chi connectivity index (χ3n) is 1.22. The van der Waals surface area contributed by atoms with E-state index in [9.17, 15) is 0 Å². The fourth-order valence-electron chi connectivity index (χ4n) is 0.942. The van der Waals surface area contributed by atoms with Gasteiger partial charge in [0.15, 0.2) is 0 Å². The van der Waals surface area contributed by atoms with Crippen LogP contribution < -0.4 is 0 Å². The van der Waals surface area contributed by atoms with Crippen molar-refractivity contribution < 1.29 is 15.3 Å². The Hall–Kier alpha value is -1.42. The van der Waals surface area contributed by atoms with E-state index in [1.54, 1.807) is 4.90 Å². The summed E-state index contributed by atoms with van der Waals surface area (Å²) in [6.07, 6.45) is 0. The molecule has 0 atom stereocenters. The third-order valence-corrected chi connectivity index (χ3v) is 1.22. The van der Waals surface area contributed by atoms with Crippen LogP contribution in [-0.2, 0) is 0 Å². The van der Waals surface area contributed by atoms with Crippen molar-refractivity contribution in [3.05, 3.63) is 37.0 Å². The Balaban J connectivity index is 4.10. The van der Waals surface area contributed by atoms with Gasteiger partial charge in [0.2, 0.25) is 0 Å². The van der Waals surface area contributed by atoms with Crippen LogP contribution in [0.4, 0.5) is 0 Å². The molecule has 0 unspecified atom stereocenters. The molecule has 0 radical (unpaired) electrons. The van der Waals surface area contributed by atoms with Crippen molar-refractivity contribution in [2.75, 3.05) is 19.6 Å². The molecule has 3 N–H and O–H groups in total. The maximum atomic E-state index is 8.89. The highest BCUT2D eigenvalue weighted by atomic mass is 16.3. The van der Waals surface area contributed by atoms with Crippen molar-refractivity contribution in [2.24, 2.45) is 0 Å². The molecule has 74 valence electrons. The largest absolute Gasteiger partial charge is 0.512 e. The van der Waals surface area contributed by atoms with Crippen molar-refractivity contribution in [3.63, 3.8) is 0 Å². The highest BCUT2D eigenvalue weighted by Crippen LogP contribution is 2.00. The Bertz CT molecular complexity index is 185. The van der Waals surface area contributed by atoms with Crippen LogP contribution in [0.3, 0.4) is 0 Å². The molecule has 0 amide bonds. The van der Waals surface area contributed by atoms with Crippen LogP contribution in [0.2, 0.25) is 0 Å². The van der Waals surface area contributed by atoms with Crippen molar-refractivity contribution in [1.29, 1.82) is 0 Å². The fraction of sp³-hybridized carbons (Fsp3) is 0.333. The SMILES string of the molecule is C=C(O)CN(CC(=C)O)CC(=C)O. The molecule has 0 aromatic heterocycles. The van der Waals surface area contributed by atoms with E-state index < -0.39 is 0 Å². The Kier molecular flexibility index (Phi) is 4.69. The molecule has 0 aliphatic heterocycles. The Labute approximate surface area is 77.7 Å². The summed E-state index contributed by atoms with van der Waals surface area (Å²) in [7, 11) is 0.